The number of nitrogens with one attached hydrogen (secondary N) is 1. The van der Waals surface area contributed by atoms with Crippen molar-refractivity contribution in [3.05, 3.63) is 29.3 Å². The summed E-state index contributed by atoms with van der Waals surface area (Å²) in [4.78, 5) is 28.7. The van der Waals surface area contributed by atoms with Gasteiger partial charge in [0.1, 0.15) is 11.3 Å². The minimum absolute atomic E-state index is 0.109. The lowest BCUT2D eigenvalue weighted by molar-refractivity contribution is -0.133. The molecule has 0 bridgehead atoms. The van der Waals surface area contributed by atoms with E-state index in [4.69, 9.17) is 9.47 Å². The molecule has 2 fully saturated rings. The van der Waals surface area contributed by atoms with Gasteiger partial charge in [-0.15, -0.1) is 0 Å². The molecule has 1 spiro atoms. The molecule has 3 aliphatic rings. The molecule has 0 aromatic heterocycles. The molecule has 3 heterocycles. The molecule has 1 aromatic carbocycles. The second-order valence-corrected chi connectivity index (χ2v) is 7.64. The number of piperidine rings is 1. The van der Waals surface area contributed by atoms with E-state index >= 15 is 0 Å². The van der Waals surface area contributed by atoms with Gasteiger partial charge in [0.05, 0.1) is 19.8 Å². The van der Waals surface area contributed by atoms with Gasteiger partial charge in [-0.05, 0) is 37.0 Å². The second-order valence-electron chi connectivity index (χ2n) is 7.64. The Kier molecular flexibility index (Phi) is 4.82. The maximum atomic E-state index is 12.8. The van der Waals surface area contributed by atoms with Crippen LogP contribution >= 0.6 is 0 Å². The Labute approximate surface area is 159 Å². The third-order valence-electron chi connectivity index (χ3n) is 6.17. The summed E-state index contributed by atoms with van der Waals surface area (Å²) in [5, 5.41) is 2.95. The zero-order valence-electron chi connectivity index (χ0n) is 16.0. The van der Waals surface area contributed by atoms with Crippen molar-refractivity contribution >= 4 is 11.9 Å². The topological polar surface area (TPSA) is 71.1 Å². The van der Waals surface area contributed by atoms with Crippen LogP contribution in [-0.2, 0) is 16.0 Å². The fourth-order valence-corrected chi connectivity index (χ4v) is 4.35. The molecule has 0 aliphatic carbocycles. The van der Waals surface area contributed by atoms with Crippen LogP contribution in [0.15, 0.2) is 18.2 Å². The largest absolute Gasteiger partial charge is 0.493 e. The van der Waals surface area contributed by atoms with E-state index in [1.165, 1.54) is 16.0 Å². The number of ether oxygens (including phenoxy) is 2. The van der Waals surface area contributed by atoms with Crippen molar-refractivity contribution in [1.82, 2.24) is 15.1 Å². The van der Waals surface area contributed by atoms with Crippen LogP contribution in [0.25, 0.3) is 0 Å². The Balaban J connectivity index is 1.41. The van der Waals surface area contributed by atoms with Gasteiger partial charge >= 0.3 is 6.03 Å². The minimum atomic E-state index is -0.748. The number of hydrogen-bond acceptors (Lipinski definition) is 5. The number of hydrogen-bond donors (Lipinski definition) is 1. The number of amides is 3. The van der Waals surface area contributed by atoms with Crippen molar-refractivity contribution < 1.29 is 19.1 Å². The van der Waals surface area contributed by atoms with Gasteiger partial charge in [-0.1, -0.05) is 12.1 Å². The summed E-state index contributed by atoms with van der Waals surface area (Å²) in [6, 6.07) is 6.43. The molecular weight excluding hydrogens is 346 g/mol. The Morgan fingerprint density at radius 3 is 2.81 bits per heavy atom. The number of nitrogens with zero attached hydrogens (tertiary/aromatic N) is 2. The van der Waals surface area contributed by atoms with Gasteiger partial charge in [0.25, 0.3) is 5.91 Å². The molecule has 7 nitrogen and oxygen atoms in total. The first-order valence-corrected chi connectivity index (χ1v) is 9.67. The van der Waals surface area contributed by atoms with Crippen molar-refractivity contribution in [3.8, 4) is 5.75 Å². The number of imide groups is 1. The van der Waals surface area contributed by atoms with Crippen LogP contribution in [-0.4, -0.2) is 67.2 Å². The molecular formula is C20H27N3O4. The van der Waals surface area contributed by atoms with E-state index in [2.05, 4.69) is 35.3 Å². The number of carbonyl (C=O) groups excluding carboxylic acids is 2. The fourth-order valence-electron chi connectivity index (χ4n) is 4.35. The van der Waals surface area contributed by atoms with Crippen molar-refractivity contribution in [3.63, 3.8) is 0 Å². The Morgan fingerprint density at radius 2 is 2.07 bits per heavy atom. The van der Waals surface area contributed by atoms with Crippen LogP contribution in [0, 0.1) is 0 Å². The summed E-state index contributed by atoms with van der Waals surface area (Å²) >= 11 is 0. The second kappa shape index (κ2) is 7.13. The van der Waals surface area contributed by atoms with E-state index in [9.17, 15) is 9.59 Å². The Hall–Kier alpha value is -2.12. The predicted molar refractivity (Wildman–Crippen MR) is 99.7 cm³/mol. The summed E-state index contributed by atoms with van der Waals surface area (Å²) in [5.74, 6) is 0.891. The molecule has 146 valence electrons. The molecule has 1 aromatic rings. The third-order valence-corrected chi connectivity index (χ3v) is 6.17. The number of benzene rings is 1. The predicted octanol–water partition coefficient (Wildman–Crippen LogP) is 1.72. The summed E-state index contributed by atoms with van der Waals surface area (Å²) in [5.41, 5.74) is 1.76. The number of likely N-dealkylation sites (tertiary alicyclic amines) is 1. The van der Waals surface area contributed by atoms with Gasteiger partial charge in [-0.25, -0.2) is 4.79 Å². The fraction of sp³-hybridized carbons (Fsp3) is 0.600. The van der Waals surface area contributed by atoms with Crippen molar-refractivity contribution in [2.24, 2.45) is 0 Å². The average molecular weight is 373 g/mol. The molecule has 1 atom stereocenters. The van der Waals surface area contributed by atoms with Crippen LogP contribution in [0.1, 0.15) is 36.9 Å². The SMILES string of the molecule is COCCN1C(=O)NC2(CCN([C@H](C)c3ccc4c(c3)OCC4)CC2)C1=O. The van der Waals surface area contributed by atoms with Gasteiger partial charge in [0, 0.05) is 32.7 Å². The number of urea groups is 1. The first-order valence-electron chi connectivity index (χ1n) is 9.67. The van der Waals surface area contributed by atoms with Gasteiger partial charge < -0.3 is 14.8 Å². The molecule has 27 heavy (non-hydrogen) atoms. The first kappa shape index (κ1) is 18.3. The zero-order valence-corrected chi connectivity index (χ0v) is 16.0. The highest BCUT2D eigenvalue weighted by Crippen LogP contribution is 2.35. The summed E-state index contributed by atoms with van der Waals surface area (Å²) in [6.45, 7) is 5.15. The maximum Gasteiger partial charge on any atom is 0.325 e. The van der Waals surface area contributed by atoms with Crippen molar-refractivity contribution in [1.29, 1.82) is 0 Å². The standard InChI is InChI=1S/C20H27N3O4/c1-14(16-4-3-15-5-11-27-17(15)13-16)22-8-6-20(7-9-22)18(24)23(10-12-26-2)19(25)21-20/h3-4,13-14H,5-12H2,1-2H3,(H,21,25)/t14-/m1/s1. The number of fused-ring (bicyclic) bond motifs is 1. The van der Waals surface area contributed by atoms with Crippen LogP contribution in [0.3, 0.4) is 0 Å². The molecule has 0 radical (unpaired) electrons. The number of methoxy groups -OCH3 is 1. The monoisotopic (exact) mass is 373 g/mol. The first-order chi connectivity index (χ1) is 13.0. The zero-order chi connectivity index (χ0) is 19.0. The lowest BCUT2D eigenvalue weighted by atomic mass is 9.86. The Bertz CT molecular complexity index is 743. The highest BCUT2D eigenvalue weighted by molar-refractivity contribution is 6.07. The van der Waals surface area contributed by atoms with E-state index in [0.29, 0.717) is 26.0 Å². The molecule has 3 aliphatic heterocycles. The van der Waals surface area contributed by atoms with Crippen LogP contribution in [0.2, 0.25) is 0 Å². The summed E-state index contributed by atoms with van der Waals surface area (Å²) < 4.78 is 10.7. The van der Waals surface area contributed by atoms with E-state index < -0.39 is 5.54 Å². The molecule has 7 heteroatoms. The quantitative estimate of drug-likeness (QED) is 0.796. The molecule has 4 rings (SSSR count). The number of rotatable bonds is 5. The smallest absolute Gasteiger partial charge is 0.325 e. The van der Waals surface area contributed by atoms with Crippen molar-refractivity contribution in [2.45, 2.75) is 37.8 Å². The van der Waals surface area contributed by atoms with E-state index in [-0.39, 0.29) is 18.0 Å². The summed E-state index contributed by atoms with van der Waals surface area (Å²) in [7, 11) is 1.57. The average Bonchev–Trinajstić information content (AvgIpc) is 3.23. The maximum absolute atomic E-state index is 12.8. The van der Waals surface area contributed by atoms with Gasteiger partial charge in [-0.2, -0.15) is 0 Å². The lowest BCUT2D eigenvalue weighted by Gasteiger charge is -2.40. The summed E-state index contributed by atoms with van der Waals surface area (Å²) in [6.07, 6.45) is 2.25. The van der Waals surface area contributed by atoms with Gasteiger partial charge in [-0.3, -0.25) is 14.6 Å². The van der Waals surface area contributed by atoms with E-state index in [0.717, 1.165) is 31.9 Å². The molecule has 2 saturated heterocycles. The molecule has 0 saturated carbocycles. The highest BCUT2D eigenvalue weighted by atomic mass is 16.5. The van der Waals surface area contributed by atoms with E-state index in [1.807, 2.05) is 0 Å². The van der Waals surface area contributed by atoms with Crippen LogP contribution in [0.4, 0.5) is 4.79 Å². The van der Waals surface area contributed by atoms with Gasteiger partial charge in [0.2, 0.25) is 0 Å². The van der Waals surface area contributed by atoms with Crippen LogP contribution < -0.4 is 10.1 Å². The molecule has 0 unspecified atom stereocenters. The third kappa shape index (κ3) is 3.19. The van der Waals surface area contributed by atoms with Gasteiger partial charge in [0.15, 0.2) is 0 Å². The van der Waals surface area contributed by atoms with Crippen LogP contribution in [0.5, 0.6) is 5.75 Å². The molecule has 3 amide bonds. The normalized spacial score (nSPS) is 22.7. The number of carbonyl (C=O) groups is 2. The highest BCUT2D eigenvalue weighted by Gasteiger charge is 2.52. The van der Waals surface area contributed by atoms with E-state index in [1.54, 1.807) is 7.11 Å². The Morgan fingerprint density at radius 1 is 1.30 bits per heavy atom. The molecule has 1 N–H and O–H groups in total. The van der Waals surface area contributed by atoms with Crippen molar-refractivity contribution in [2.75, 3.05) is 40.0 Å². The lowest BCUT2D eigenvalue weighted by Crippen LogP contribution is -2.55. The minimum Gasteiger partial charge on any atom is -0.493 e.